The van der Waals surface area contributed by atoms with Gasteiger partial charge in [0.25, 0.3) is 0 Å². The van der Waals surface area contributed by atoms with E-state index in [-0.39, 0.29) is 12.5 Å². The van der Waals surface area contributed by atoms with Crippen LogP contribution in [0.15, 0.2) is 16.8 Å². The lowest BCUT2D eigenvalue weighted by atomic mass is 10.1. The topological polar surface area (TPSA) is 93.4 Å². The third-order valence-corrected chi connectivity index (χ3v) is 3.75. The summed E-state index contributed by atoms with van der Waals surface area (Å²) in [5.41, 5.74) is 2.21. The van der Waals surface area contributed by atoms with E-state index in [9.17, 15) is 4.79 Å². The summed E-state index contributed by atoms with van der Waals surface area (Å²) in [7, 11) is 3.21. The van der Waals surface area contributed by atoms with Gasteiger partial charge in [0, 0.05) is 32.5 Å². The predicted octanol–water partition coefficient (Wildman–Crippen LogP) is 1.62. The molecule has 8 nitrogen and oxygen atoms in total. The number of methoxy groups -OCH3 is 1. The van der Waals surface area contributed by atoms with E-state index < -0.39 is 0 Å². The summed E-state index contributed by atoms with van der Waals surface area (Å²) in [4.78, 5) is 22.5. The number of nitrogens with zero attached hydrogens (tertiary/aromatic N) is 4. The van der Waals surface area contributed by atoms with Crippen molar-refractivity contribution >= 4 is 11.9 Å². The monoisotopic (exact) mass is 331 g/mol. The van der Waals surface area contributed by atoms with Crippen molar-refractivity contribution in [3.8, 4) is 11.3 Å². The molecule has 2 heterocycles. The SMILES string of the molecule is COCC(=O)N(C)Cc1nc(NC2CC2)ncc1-c1cc(C)no1. The summed E-state index contributed by atoms with van der Waals surface area (Å²) in [5, 5.41) is 7.18. The predicted molar refractivity (Wildman–Crippen MR) is 87.3 cm³/mol. The van der Waals surface area contributed by atoms with Crippen LogP contribution in [-0.2, 0) is 16.1 Å². The summed E-state index contributed by atoms with van der Waals surface area (Å²) in [6, 6.07) is 2.27. The number of carbonyl (C=O) groups excluding carboxylic acids is 1. The van der Waals surface area contributed by atoms with Gasteiger partial charge in [0.2, 0.25) is 11.9 Å². The number of aryl methyl sites for hydroxylation is 1. The fourth-order valence-electron chi connectivity index (χ4n) is 2.26. The second kappa shape index (κ2) is 6.96. The van der Waals surface area contributed by atoms with Crippen LogP contribution in [0.5, 0.6) is 0 Å². The summed E-state index contributed by atoms with van der Waals surface area (Å²) in [6.07, 6.45) is 3.98. The first-order valence-electron chi connectivity index (χ1n) is 7.86. The van der Waals surface area contributed by atoms with Crippen LogP contribution in [-0.4, -0.2) is 52.7 Å². The maximum absolute atomic E-state index is 12.0. The van der Waals surface area contributed by atoms with Gasteiger partial charge in [-0.1, -0.05) is 5.16 Å². The highest BCUT2D eigenvalue weighted by atomic mass is 16.5. The second-order valence-electron chi connectivity index (χ2n) is 5.99. The molecule has 0 unspecified atom stereocenters. The van der Waals surface area contributed by atoms with Gasteiger partial charge in [-0.15, -0.1) is 0 Å². The number of aromatic nitrogens is 3. The molecule has 0 aliphatic heterocycles. The quantitative estimate of drug-likeness (QED) is 0.824. The minimum atomic E-state index is -0.118. The number of rotatable bonds is 7. The van der Waals surface area contributed by atoms with Crippen LogP contribution in [0.1, 0.15) is 24.2 Å². The minimum Gasteiger partial charge on any atom is -0.375 e. The number of anilines is 1. The first-order chi connectivity index (χ1) is 11.6. The van der Waals surface area contributed by atoms with Crippen molar-refractivity contribution in [1.82, 2.24) is 20.0 Å². The Balaban J connectivity index is 1.87. The Morgan fingerprint density at radius 3 is 2.92 bits per heavy atom. The molecule has 2 aromatic rings. The van der Waals surface area contributed by atoms with E-state index in [0.29, 0.717) is 30.0 Å². The zero-order valence-electron chi connectivity index (χ0n) is 14.1. The molecule has 1 N–H and O–H groups in total. The van der Waals surface area contributed by atoms with Gasteiger partial charge in [-0.3, -0.25) is 4.79 Å². The Hall–Kier alpha value is -2.48. The van der Waals surface area contributed by atoms with Crippen molar-refractivity contribution in [2.75, 3.05) is 26.1 Å². The molecule has 1 amide bonds. The van der Waals surface area contributed by atoms with Crippen molar-refractivity contribution in [3.63, 3.8) is 0 Å². The molecule has 3 rings (SSSR count). The van der Waals surface area contributed by atoms with Crippen molar-refractivity contribution < 1.29 is 14.1 Å². The van der Waals surface area contributed by atoms with Gasteiger partial charge in [-0.05, 0) is 19.8 Å². The average Bonchev–Trinajstić information content (AvgIpc) is 3.26. The largest absolute Gasteiger partial charge is 0.375 e. The Kier molecular flexibility index (Phi) is 4.75. The fraction of sp³-hybridized carbons (Fsp3) is 0.500. The summed E-state index contributed by atoms with van der Waals surface area (Å²) < 4.78 is 10.2. The van der Waals surface area contributed by atoms with Gasteiger partial charge in [0.05, 0.1) is 23.5 Å². The third kappa shape index (κ3) is 3.88. The van der Waals surface area contributed by atoms with Gasteiger partial charge in [0.15, 0.2) is 5.76 Å². The number of carbonyl (C=O) groups is 1. The molecule has 0 saturated heterocycles. The molecule has 0 radical (unpaired) electrons. The van der Waals surface area contributed by atoms with E-state index >= 15 is 0 Å². The zero-order valence-corrected chi connectivity index (χ0v) is 14.1. The smallest absolute Gasteiger partial charge is 0.248 e. The summed E-state index contributed by atoms with van der Waals surface area (Å²) >= 11 is 0. The van der Waals surface area contributed by atoms with Crippen LogP contribution >= 0.6 is 0 Å². The molecule has 0 aromatic carbocycles. The Labute approximate surface area is 140 Å². The Morgan fingerprint density at radius 2 is 2.29 bits per heavy atom. The van der Waals surface area contributed by atoms with E-state index in [1.54, 1.807) is 18.1 Å². The number of amides is 1. The lowest BCUT2D eigenvalue weighted by molar-refractivity contribution is -0.134. The van der Waals surface area contributed by atoms with Crippen LogP contribution in [0.4, 0.5) is 5.95 Å². The zero-order chi connectivity index (χ0) is 17.1. The highest BCUT2D eigenvalue weighted by Crippen LogP contribution is 2.27. The van der Waals surface area contributed by atoms with E-state index in [2.05, 4.69) is 20.4 Å². The van der Waals surface area contributed by atoms with Gasteiger partial charge < -0.3 is 19.5 Å². The van der Waals surface area contributed by atoms with Crippen LogP contribution in [0.2, 0.25) is 0 Å². The van der Waals surface area contributed by atoms with Crippen molar-refractivity contribution in [2.24, 2.45) is 0 Å². The molecule has 8 heteroatoms. The van der Waals surface area contributed by atoms with Gasteiger partial charge in [-0.25, -0.2) is 9.97 Å². The number of nitrogens with one attached hydrogen (secondary N) is 1. The average molecular weight is 331 g/mol. The first kappa shape index (κ1) is 16.4. The molecule has 0 spiro atoms. The number of ether oxygens (including phenoxy) is 1. The van der Waals surface area contributed by atoms with Crippen LogP contribution in [0.3, 0.4) is 0 Å². The standard InChI is InChI=1S/C16H21N5O3/c1-10-6-14(24-20-10)12-7-17-16(18-11-4-5-11)19-13(12)8-21(2)15(22)9-23-3/h6-7,11H,4-5,8-9H2,1-3H3,(H,17,18,19). The maximum Gasteiger partial charge on any atom is 0.248 e. The highest BCUT2D eigenvalue weighted by molar-refractivity contribution is 5.77. The Morgan fingerprint density at radius 1 is 1.50 bits per heavy atom. The summed E-state index contributed by atoms with van der Waals surface area (Å²) in [6.45, 7) is 2.22. The van der Waals surface area contributed by atoms with Gasteiger partial charge in [-0.2, -0.15) is 0 Å². The van der Waals surface area contributed by atoms with E-state index in [1.165, 1.54) is 7.11 Å². The molecule has 0 bridgehead atoms. The van der Waals surface area contributed by atoms with Gasteiger partial charge in [0.1, 0.15) is 6.61 Å². The second-order valence-corrected chi connectivity index (χ2v) is 5.99. The molecule has 0 atom stereocenters. The molecule has 1 saturated carbocycles. The van der Waals surface area contributed by atoms with E-state index in [1.807, 2.05) is 13.0 Å². The highest BCUT2D eigenvalue weighted by Gasteiger charge is 2.23. The van der Waals surface area contributed by atoms with Crippen LogP contribution in [0, 0.1) is 6.92 Å². The lowest BCUT2D eigenvalue weighted by Gasteiger charge is -2.18. The Bertz CT molecular complexity index is 726. The van der Waals surface area contributed by atoms with Crippen LogP contribution < -0.4 is 5.32 Å². The minimum absolute atomic E-state index is 0.0332. The van der Waals surface area contributed by atoms with Crippen LogP contribution in [0.25, 0.3) is 11.3 Å². The van der Waals surface area contributed by atoms with Gasteiger partial charge >= 0.3 is 0 Å². The molecule has 1 fully saturated rings. The van der Waals surface area contributed by atoms with Crippen molar-refractivity contribution in [2.45, 2.75) is 32.4 Å². The number of hydrogen-bond donors (Lipinski definition) is 1. The number of hydrogen-bond acceptors (Lipinski definition) is 7. The first-order valence-corrected chi connectivity index (χ1v) is 7.86. The third-order valence-electron chi connectivity index (χ3n) is 3.75. The molecule has 1 aliphatic carbocycles. The van der Waals surface area contributed by atoms with E-state index in [4.69, 9.17) is 9.26 Å². The molecule has 24 heavy (non-hydrogen) atoms. The summed E-state index contributed by atoms with van der Waals surface area (Å²) in [5.74, 6) is 1.04. The van der Waals surface area contributed by atoms with E-state index in [0.717, 1.165) is 24.1 Å². The normalized spacial score (nSPS) is 13.8. The lowest BCUT2D eigenvalue weighted by Crippen LogP contribution is -2.30. The van der Waals surface area contributed by atoms with Crippen molar-refractivity contribution in [1.29, 1.82) is 0 Å². The fourth-order valence-corrected chi connectivity index (χ4v) is 2.26. The maximum atomic E-state index is 12.0. The molecule has 1 aliphatic rings. The molecular weight excluding hydrogens is 310 g/mol. The number of likely N-dealkylation sites (N-methyl/N-ethyl adjacent to an activating group) is 1. The molecule has 2 aromatic heterocycles. The van der Waals surface area contributed by atoms with Crippen molar-refractivity contribution in [3.05, 3.63) is 23.7 Å². The molecular formula is C16H21N5O3. The molecule has 128 valence electrons.